The predicted octanol–water partition coefficient (Wildman–Crippen LogP) is 5.52. The van der Waals surface area contributed by atoms with E-state index in [-0.39, 0.29) is 4.90 Å². The highest BCUT2D eigenvalue weighted by Crippen LogP contribution is 2.23. The molecule has 4 rings (SSSR count). The Morgan fingerprint density at radius 3 is 1.85 bits per heavy atom. The van der Waals surface area contributed by atoms with Gasteiger partial charge in [-0.05, 0) is 68.4 Å². The number of nitrogens with zero attached hydrogens (tertiary/aromatic N) is 2. The van der Waals surface area contributed by atoms with Crippen LogP contribution < -0.4 is 15.4 Å². The highest BCUT2D eigenvalue weighted by Gasteiger charge is 2.14. The smallest absolute Gasteiger partial charge is 0.261 e. The van der Waals surface area contributed by atoms with Crippen LogP contribution in [0.15, 0.2) is 83.8 Å². The molecule has 4 aromatic rings. The molecule has 3 N–H and O–H groups in total. The van der Waals surface area contributed by atoms with Gasteiger partial charge in [-0.25, -0.2) is 22.8 Å². The van der Waals surface area contributed by atoms with Gasteiger partial charge in [-0.3, -0.25) is 4.72 Å². The number of hydrogen-bond donors (Lipinski definition) is 3. The molecule has 0 saturated heterocycles. The molecule has 1 heterocycles. The van der Waals surface area contributed by atoms with E-state index in [9.17, 15) is 12.8 Å². The molecular weight excluding hydrogens is 441 g/mol. The van der Waals surface area contributed by atoms with E-state index < -0.39 is 15.8 Å². The number of aryl methyl sites for hydroxylation is 2. The summed E-state index contributed by atoms with van der Waals surface area (Å²) in [7, 11) is -3.89. The Hall–Kier alpha value is -3.98. The van der Waals surface area contributed by atoms with Gasteiger partial charge < -0.3 is 10.6 Å². The highest BCUT2D eigenvalue weighted by molar-refractivity contribution is 7.92. The third-order valence-electron chi connectivity index (χ3n) is 4.68. The fourth-order valence-electron chi connectivity index (χ4n) is 3.10. The van der Waals surface area contributed by atoms with Crippen LogP contribution in [0.4, 0.5) is 33.1 Å². The number of benzene rings is 3. The Balaban J connectivity index is 1.46. The van der Waals surface area contributed by atoms with Crippen LogP contribution in [0.5, 0.6) is 0 Å². The summed E-state index contributed by atoms with van der Waals surface area (Å²) < 4.78 is 40.7. The number of sulfonamides is 1. The van der Waals surface area contributed by atoms with Crippen molar-refractivity contribution in [1.82, 2.24) is 9.97 Å². The lowest BCUT2D eigenvalue weighted by molar-refractivity contribution is 0.595. The quantitative estimate of drug-likeness (QED) is 0.334. The molecule has 0 bridgehead atoms. The first-order valence-corrected chi connectivity index (χ1v) is 11.6. The minimum atomic E-state index is -3.89. The van der Waals surface area contributed by atoms with Crippen LogP contribution in [0.3, 0.4) is 0 Å². The normalized spacial score (nSPS) is 11.1. The molecule has 0 aliphatic rings. The second-order valence-corrected chi connectivity index (χ2v) is 9.12. The number of halogens is 1. The molecule has 1 aromatic heterocycles. The Bertz CT molecular complexity index is 1380. The van der Waals surface area contributed by atoms with Gasteiger partial charge in [0.1, 0.15) is 23.3 Å². The molecule has 7 nitrogen and oxygen atoms in total. The molecule has 0 radical (unpaired) electrons. The van der Waals surface area contributed by atoms with E-state index in [0.717, 1.165) is 11.8 Å². The maximum absolute atomic E-state index is 13.4. The first-order valence-electron chi connectivity index (χ1n) is 10.1. The number of hydrogen-bond acceptors (Lipinski definition) is 6. The van der Waals surface area contributed by atoms with Crippen LogP contribution in [0.25, 0.3) is 0 Å². The average Bonchev–Trinajstić information content (AvgIpc) is 2.76. The first-order chi connectivity index (χ1) is 15.8. The Morgan fingerprint density at radius 2 is 1.27 bits per heavy atom. The van der Waals surface area contributed by atoms with Crippen LogP contribution in [-0.2, 0) is 10.0 Å². The standard InChI is InChI=1S/C24H22FN5O2S/c1-16-6-8-19(9-7-16)28-23-15-24(27-17(2)26-23)29-20-10-12-21(13-11-20)30-33(31,32)22-5-3-4-18(25)14-22/h3-15,30H,1-2H3,(H2,26,27,28,29). The second kappa shape index (κ2) is 9.25. The van der Waals surface area contributed by atoms with Crippen molar-refractivity contribution in [1.29, 1.82) is 0 Å². The fourth-order valence-corrected chi connectivity index (χ4v) is 4.19. The summed E-state index contributed by atoms with van der Waals surface area (Å²) in [4.78, 5) is 8.68. The highest BCUT2D eigenvalue weighted by atomic mass is 32.2. The number of nitrogens with one attached hydrogen (secondary N) is 3. The van der Waals surface area contributed by atoms with E-state index in [1.807, 2.05) is 31.2 Å². The van der Waals surface area contributed by atoms with Crippen molar-refractivity contribution < 1.29 is 12.8 Å². The molecule has 0 aliphatic heterocycles. The average molecular weight is 464 g/mol. The van der Waals surface area contributed by atoms with Gasteiger partial charge in [-0.1, -0.05) is 23.8 Å². The summed E-state index contributed by atoms with van der Waals surface area (Å²) in [5.74, 6) is 1.21. The molecule has 0 spiro atoms. The SMILES string of the molecule is Cc1ccc(Nc2cc(Nc3ccc(NS(=O)(=O)c4cccc(F)c4)cc3)nc(C)n2)cc1. The zero-order valence-electron chi connectivity index (χ0n) is 18.0. The number of aromatic nitrogens is 2. The van der Waals surface area contributed by atoms with Crippen LogP contribution in [-0.4, -0.2) is 18.4 Å². The van der Waals surface area contributed by atoms with Crippen LogP contribution in [0.1, 0.15) is 11.4 Å². The van der Waals surface area contributed by atoms with E-state index in [1.165, 1.54) is 23.8 Å². The largest absolute Gasteiger partial charge is 0.340 e. The second-order valence-electron chi connectivity index (χ2n) is 7.44. The van der Waals surface area contributed by atoms with Crippen LogP contribution in [0.2, 0.25) is 0 Å². The van der Waals surface area contributed by atoms with Crippen molar-refractivity contribution in [3.63, 3.8) is 0 Å². The zero-order chi connectivity index (χ0) is 23.4. The Morgan fingerprint density at radius 1 is 0.727 bits per heavy atom. The van der Waals surface area contributed by atoms with E-state index in [4.69, 9.17) is 0 Å². The fraction of sp³-hybridized carbons (Fsp3) is 0.0833. The number of anilines is 5. The lowest BCUT2D eigenvalue weighted by atomic mass is 10.2. The van der Waals surface area contributed by atoms with Gasteiger partial charge in [0.15, 0.2) is 0 Å². The van der Waals surface area contributed by atoms with Crippen LogP contribution in [0, 0.1) is 19.7 Å². The Labute approximate surface area is 191 Å². The molecule has 0 fully saturated rings. The molecule has 3 aromatic carbocycles. The van der Waals surface area contributed by atoms with Gasteiger partial charge in [0.2, 0.25) is 0 Å². The van der Waals surface area contributed by atoms with Gasteiger partial charge in [-0.2, -0.15) is 0 Å². The van der Waals surface area contributed by atoms with Gasteiger partial charge in [0.25, 0.3) is 10.0 Å². The monoisotopic (exact) mass is 463 g/mol. The maximum atomic E-state index is 13.4. The molecule has 0 amide bonds. The predicted molar refractivity (Wildman–Crippen MR) is 128 cm³/mol. The van der Waals surface area contributed by atoms with Gasteiger partial charge in [0.05, 0.1) is 4.90 Å². The topological polar surface area (TPSA) is 96.0 Å². The zero-order valence-corrected chi connectivity index (χ0v) is 18.8. The molecule has 168 valence electrons. The molecule has 0 atom stereocenters. The summed E-state index contributed by atoms with van der Waals surface area (Å²) in [6.45, 7) is 3.83. The van der Waals surface area contributed by atoms with Crippen molar-refractivity contribution in [2.24, 2.45) is 0 Å². The van der Waals surface area contributed by atoms with E-state index >= 15 is 0 Å². The third kappa shape index (κ3) is 5.83. The van der Waals surface area contributed by atoms with Gasteiger partial charge in [-0.15, -0.1) is 0 Å². The summed E-state index contributed by atoms with van der Waals surface area (Å²) in [6, 6.07) is 21.3. The number of rotatable bonds is 7. The van der Waals surface area contributed by atoms with Crippen molar-refractivity contribution in [2.45, 2.75) is 18.7 Å². The van der Waals surface area contributed by atoms with E-state index in [1.54, 1.807) is 37.3 Å². The first kappa shape index (κ1) is 22.2. The summed E-state index contributed by atoms with van der Waals surface area (Å²) in [6.07, 6.45) is 0. The molecule has 0 aliphatic carbocycles. The summed E-state index contributed by atoms with van der Waals surface area (Å²) in [5.41, 5.74) is 3.15. The third-order valence-corrected chi connectivity index (χ3v) is 6.06. The van der Waals surface area contributed by atoms with Gasteiger partial charge in [0, 0.05) is 23.1 Å². The molecule has 0 saturated carbocycles. The van der Waals surface area contributed by atoms with Crippen molar-refractivity contribution >= 4 is 38.7 Å². The minimum Gasteiger partial charge on any atom is -0.340 e. The van der Waals surface area contributed by atoms with E-state index in [2.05, 4.69) is 25.3 Å². The molecule has 33 heavy (non-hydrogen) atoms. The van der Waals surface area contributed by atoms with Gasteiger partial charge >= 0.3 is 0 Å². The van der Waals surface area contributed by atoms with Crippen molar-refractivity contribution in [3.8, 4) is 0 Å². The molecule has 9 heteroatoms. The molecular formula is C24H22FN5O2S. The maximum Gasteiger partial charge on any atom is 0.261 e. The minimum absolute atomic E-state index is 0.144. The van der Waals surface area contributed by atoms with Crippen LogP contribution >= 0.6 is 0 Å². The van der Waals surface area contributed by atoms with E-state index in [0.29, 0.717) is 28.8 Å². The van der Waals surface area contributed by atoms with Crippen molar-refractivity contribution in [3.05, 3.63) is 96.1 Å². The summed E-state index contributed by atoms with van der Waals surface area (Å²) in [5, 5.41) is 6.45. The summed E-state index contributed by atoms with van der Waals surface area (Å²) >= 11 is 0. The Kier molecular flexibility index (Phi) is 6.23. The lowest BCUT2D eigenvalue weighted by Gasteiger charge is -2.12. The molecule has 0 unspecified atom stereocenters. The van der Waals surface area contributed by atoms with Crippen molar-refractivity contribution in [2.75, 3.05) is 15.4 Å². The lowest BCUT2D eigenvalue weighted by Crippen LogP contribution is -2.13.